The van der Waals surface area contributed by atoms with Crippen LogP contribution in [0.3, 0.4) is 0 Å². The first kappa shape index (κ1) is 24.7. The fraction of sp³-hybridized carbons (Fsp3) is 0.227. The lowest BCUT2D eigenvalue weighted by molar-refractivity contribution is -0.137. The number of halogens is 4. The lowest BCUT2D eigenvalue weighted by Crippen LogP contribution is -2.25. The van der Waals surface area contributed by atoms with Gasteiger partial charge in [0.2, 0.25) is 11.8 Å². The highest BCUT2D eigenvalue weighted by Crippen LogP contribution is 2.39. The number of thioether (sulfide) groups is 1. The zero-order valence-corrected chi connectivity index (χ0v) is 18.8. The summed E-state index contributed by atoms with van der Waals surface area (Å²) in [6.45, 7) is 2.13. The largest absolute Gasteiger partial charge is 0.493 e. The Hall–Kier alpha value is -2.98. The molecule has 3 rings (SSSR count). The van der Waals surface area contributed by atoms with E-state index in [1.165, 1.54) is 10.6 Å². The number of anilines is 1. The van der Waals surface area contributed by atoms with Crippen molar-refractivity contribution in [2.24, 2.45) is 0 Å². The average molecular weight is 498 g/mol. The van der Waals surface area contributed by atoms with E-state index in [1.54, 1.807) is 30.3 Å². The molecule has 1 aromatic heterocycles. The van der Waals surface area contributed by atoms with Crippen LogP contribution in [-0.4, -0.2) is 20.6 Å². The summed E-state index contributed by atoms with van der Waals surface area (Å²) in [6, 6.07) is 12.4. The van der Waals surface area contributed by atoms with Gasteiger partial charge in [-0.25, -0.2) is 0 Å². The maximum Gasteiger partial charge on any atom is 0.418 e. The molecule has 2 aromatic carbocycles. The molecule has 1 heterocycles. The molecule has 6 nitrogen and oxygen atoms in total. The molecule has 11 heteroatoms. The maximum atomic E-state index is 13.5. The molecule has 0 unspecified atom stereocenters. The minimum absolute atomic E-state index is 0.0676. The van der Waals surface area contributed by atoms with Crippen molar-refractivity contribution in [1.82, 2.24) is 9.55 Å². The second kappa shape index (κ2) is 10.3. The van der Waals surface area contributed by atoms with Gasteiger partial charge in [-0.05, 0) is 30.2 Å². The molecule has 1 amide bonds. The van der Waals surface area contributed by atoms with E-state index in [2.05, 4.69) is 10.3 Å². The summed E-state index contributed by atoms with van der Waals surface area (Å²) in [4.78, 5) is 29.5. The van der Waals surface area contributed by atoms with Gasteiger partial charge < -0.3 is 10.4 Å². The second-order valence-electron chi connectivity index (χ2n) is 6.97. The number of carbonyl (C=O) groups is 1. The number of carbonyl (C=O) groups excluding carboxylic acids is 1. The third kappa shape index (κ3) is 6.08. The maximum absolute atomic E-state index is 13.5. The van der Waals surface area contributed by atoms with Gasteiger partial charge >= 0.3 is 6.18 Å². The van der Waals surface area contributed by atoms with Gasteiger partial charge in [0, 0.05) is 11.6 Å². The summed E-state index contributed by atoms with van der Waals surface area (Å²) >= 11 is 6.57. The van der Waals surface area contributed by atoms with Crippen LogP contribution in [0.15, 0.2) is 64.5 Å². The fourth-order valence-electron chi connectivity index (χ4n) is 3.06. The molecule has 0 saturated carbocycles. The smallest absolute Gasteiger partial charge is 0.418 e. The number of benzene rings is 2. The Balaban J connectivity index is 2.03. The third-order valence-corrected chi connectivity index (χ3v) is 6.00. The quantitative estimate of drug-likeness (QED) is 0.332. The summed E-state index contributed by atoms with van der Waals surface area (Å²) in [5, 5.41) is 11.0. The van der Waals surface area contributed by atoms with Gasteiger partial charge in [0.1, 0.15) is 5.25 Å². The molecule has 0 aliphatic rings. The SMILES string of the molecule is CCCn1c(S[C@H](C(=O)Nc2ccc(Cl)cc2C(F)(F)F)c2ccccc2)nc(O)cc1=O. The molecule has 174 valence electrons. The molecule has 33 heavy (non-hydrogen) atoms. The van der Waals surface area contributed by atoms with E-state index in [0.29, 0.717) is 12.0 Å². The van der Waals surface area contributed by atoms with Crippen molar-refractivity contribution in [3.63, 3.8) is 0 Å². The number of nitrogens with one attached hydrogen (secondary N) is 1. The second-order valence-corrected chi connectivity index (χ2v) is 8.48. The van der Waals surface area contributed by atoms with Crippen molar-refractivity contribution in [2.75, 3.05) is 5.32 Å². The Morgan fingerprint density at radius 1 is 1.21 bits per heavy atom. The van der Waals surface area contributed by atoms with E-state index in [1.807, 2.05) is 6.92 Å². The highest BCUT2D eigenvalue weighted by Gasteiger charge is 2.35. The number of aromatic hydroxyl groups is 1. The number of rotatable bonds is 7. The minimum Gasteiger partial charge on any atom is -0.493 e. The van der Waals surface area contributed by atoms with Crippen molar-refractivity contribution in [3.05, 3.63) is 81.1 Å². The fourth-order valence-corrected chi connectivity index (χ4v) is 4.35. The molecule has 1 atom stereocenters. The van der Waals surface area contributed by atoms with Crippen LogP contribution in [-0.2, 0) is 17.5 Å². The minimum atomic E-state index is -4.74. The molecule has 0 aliphatic heterocycles. The molecule has 2 N–H and O–H groups in total. The van der Waals surface area contributed by atoms with E-state index in [9.17, 15) is 27.9 Å². The first-order valence-electron chi connectivity index (χ1n) is 9.80. The molecule has 0 spiro atoms. The Morgan fingerprint density at radius 2 is 1.91 bits per heavy atom. The van der Waals surface area contributed by atoms with Crippen LogP contribution in [0, 0.1) is 0 Å². The summed E-state index contributed by atoms with van der Waals surface area (Å²) < 4.78 is 41.8. The van der Waals surface area contributed by atoms with Crippen LogP contribution in [0.5, 0.6) is 5.88 Å². The number of hydrogen-bond donors (Lipinski definition) is 2. The van der Waals surface area contributed by atoms with E-state index >= 15 is 0 Å². The standard InChI is InChI=1S/C22H19ClF3N3O3S/c1-2-10-29-18(31)12-17(30)28-21(29)33-19(13-6-4-3-5-7-13)20(32)27-16-9-8-14(23)11-15(16)22(24,25)26/h3-9,11-12,19,30H,2,10H2,1H3,(H,27,32)/t19-/m0/s1. The zero-order chi connectivity index (χ0) is 24.2. The summed E-state index contributed by atoms with van der Waals surface area (Å²) in [6.07, 6.45) is -4.15. The van der Waals surface area contributed by atoms with Gasteiger partial charge in [0.15, 0.2) is 5.16 Å². The highest BCUT2D eigenvalue weighted by molar-refractivity contribution is 8.00. The lowest BCUT2D eigenvalue weighted by Gasteiger charge is -2.20. The molecule has 0 bridgehead atoms. The molecule has 0 saturated heterocycles. The van der Waals surface area contributed by atoms with Gasteiger partial charge in [0.05, 0.1) is 17.3 Å². The first-order valence-corrected chi connectivity index (χ1v) is 11.1. The van der Waals surface area contributed by atoms with Crippen LogP contribution in [0.25, 0.3) is 0 Å². The summed E-state index contributed by atoms with van der Waals surface area (Å²) in [7, 11) is 0. The molecule has 0 fully saturated rings. The monoisotopic (exact) mass is 497 g/mol. The van der Waals surface area contributed by atoms with E-state index in [0.717, 1.165) is 30.0 Å². The van der Waals surface area contributed by atoms with Gasteiger partial charge in [-0.2, -0.15) is 18.2 Å². The van der Waals surface area contributed by atoms with Crippen LogP contribution < -0.4 is 10.9 Å². The Kier molecular flexibility index (Phi) is 7.70. The van der Waals surface area contributed by atoms with Crippen LogP contribution in [0.4, 0.5) is 18.9 Å². The molecule has 3 aromatic rings. The Bertz CT molecular complexity index is 1200. The molecular formula is C22H19ClF3N3O3S. The molecular weight excluding hydrogens is 479 g/mol. The van der Waals surface area contributed by atoms with Crippen molar-refractivity contribution < 1.29 is 23.1 Å². The zero-order valence-electron chi connectivity index (χ0n) is 17.3. The van der Waals surface area contributed by atoms with Gasteiger partial charge in [-0.1, -0.05) is 60.6 Å². The van der Waals surface area contributed by atoms with Gasteiger partial charge in [0.25, 0.3) is 5.56 Å². The summed E-state index contributed by atoms with van der Waals surface area (Å²) in [5.41, 5.74) is -1.56. The first-order chi connectivity index (χ1) is 15.6. The number of hydrogen-bond acceptors (Lipinski definition) is 5. The van der Waals surface area contributed by atoms with E-state index < -0.39 is 40.0 Å². The van der Waals surface area contributed by atoms with E-state index in [4.69, 9.17) is 11.6 Å². The number of aromatic nitrogens is 2. The van der Waals surface area contributed by atoms with Gasteiger partial charge in [-0.3, -0.25) is 14.2 Å². The number of amides is 1. The number of nitrogens with zero attached hydrogens (tertiary/aromatic N) is 2. The van der Waals surface area contributed by atoms with Crippen LogP contribution in [0.2, 0.25) is 5.02 Å². The lowest BCUT2D eigenvalue weighted by atomic mass is 10.1. The molecule has 0 radical (unpaired) electrons. The van der Waals surface area contributed by atoms with Crippen molar-refractivity contribution in [3.8, 4) is 5.88 Å². The Morgan fingerprint density at radius 3 is 2.55 bits per heavy atom. The number of alkyl halides is 3. The van der Waals surface area contributed by atoms with E-state index in [-0.39, 0.29) is 16.7 Å². The molecule has 0 aliphatic carbocycles. The third-order valence-electron chi connectivity index (χ3n) is 4.52. The van der Waals surface area contributed by atoms with Crippen molar-refractivity contribution >= 4 is 35.0 Å². The van der Waals surface area contributed by atoms with Crippen molar-refractivity contribution in [2.45, 2.75) is 36.5 Å². The topological polar surface area (TPSA) is 84.2 Å². The predicted molar refractivity (Wildman–Crippen MR) is 121 cm³/mol. The van der Waals surface area contributed by atoms with Crippen molar-refractivity contribution in [1.29, 1.82) is 0 Å². The average Bonchev–Trinajstić information content (AvgIpc) is 2.75. The summed E-state index contributed by atoms with van der Waals surface area (Å²) in [5.74, 6) is -1.28. The normalized spacial score (nSPS) is 12.4. The predicted octanol–water partition coefficient (Wildman–Crippen LogP) is 5.50. The Labute approximate surface area is 196 Å². The van der Waals surface area contributed by atoms with Crippen LogP contribution >= 0.6 is 23.4 Å². The van der Waals surface area contributed by atoms with Crippen LogP contribution in [0.1, 0.15) is 29.7 Å². The highest BCUT2D eigenvalue weighted by atomic mass is 35.5. The van der Waals surface area contributed by atoms with Gasteiger partial charge in [-0.15, -0.1) is 0 Å².